The summed E-state index contributed by atoms with van der Waals surface area (Å²) in [5.74, 6) is 1.78. The number of rotatable bonds is 5. The van der Waals surface area contributed by atoms with Crippen LogP contribution in [-0.2, 0) is 12.8 Å². The van der Waals surface area contributed by atoms with E-state index in [0.717, 1.165) is 50.5 Å². The Kier molecular flexibility index (Phi) is 3.79. The lowest BCUT2D eigenvalue weighted by Gasteiger charge is -2.11. The van der Waals surface area contributed by atoms with Crippen molar-refractivity contribution in [2.45, 2.75) is 31.7 Å². The number of nitrogens with one attached hydrogen (secondary N) is 1. The van der Waals surface area contributed by atoms with Gasteiger partial charge in [0, 0.05) is 30.4 Å². The Hall–Kier alpha value is -1.40. The zero-order valence-corrected chi connectivity index (χ0v) is 11.7. The molecule has 1 atom stereocenters. The van der Waals surface area contributed by atoms with Gasteiger partial charge in [0.1, 0.15) is 5.82 Å². The van der Waals surface area contributed by atoms with Crippen molar-refractivity contribution in [1.82, 2.24) is 15.2 Å². The minimum Gasteiger partial charge on any atom is -0.338 e. The lowest BCUT2D eigenvalue weighted by atomic mass is 10.2. The van der Waals surface area contributed by atoms with Gasteiger partial charge in [-0.3, -0.25) is 5.10 Å². The van der Waals surface area contributed by atoms with E-state index in [2.05, 4.69) is 37.6 Å². The van der Waals surface area contributed by atoms with Gasteiger partial charge in [-0.15, -0.1) is 16.4 Å². The average molecular weight is 277 g/mol. The third-order valence-corrected chi connectivity index (χ3v) is 4.38. The van der Waals surface area contributed by atoms with Crippen LogP contribution in [0.1, 0.15) is 23.5 Å². The molecular weight excluding hydrogens is 258 g/mol. The van der Waals surface area contributed by atoms with Crippen molar-refractivity contribution in [2.75, 3.05) is 18.0 Å². The number of nitrogens with two attached hydrogens (primary N) is 1. The van der Waals surface area contributed by atoms with Gasteiger partial charge in [-0.25, -0.2) is 0 Å². The molecule has 2 aromatic rings. The first-order valence-corrected chi connectivity index (χ1v) is 7.63. The van der Waals surface area contributed by atoms with Crippen molar-refractivity contribution in [3.05, 3.63) is 28.2 Å². The minimum absolute atomic E-state index is 0.265. The summed E-state index contributed by atoms with van der Waals surface area (Å²) in [6.45, 7) is 1.83. The molecule has 0 saturated carbocycles. The smallest absolute Gasteiger partial charge is 0.244 e. The average Bonchev–Trinajstić information content (AvgIpc) is 3.09. The van der Waals surface area contributed by atoms with Crippen molar-refractivity contribution >= 4 is 17.3 Å². The first-order chi connectivity index (χ1) is 9.31. The summed E-state index contributed by atoms with van der Waals surface area (Å²) in [6, 6.07) is 4.55. The van der Waals surface area contributed by atoms with Gasteiger partial charge >= 0.3 is 0 Å². The molecular formula is C13H19N5S. The summed E-state index contributed by atoms with van der Waals surface area (Å²) >= 11 is 1.82. The molecule has 19 heavy (non-hydrogen) atoms. The zero-order valence-electron chi connectivity index (χ0n) is 10.9. The van der Waals surface area contributed by atoms with Crippen molar-refractivity contribution in [3.63, 3.8) is 0 Å². The van der Waals surface area contributed by atoms with Crippen molar-refractivity contribution in [2.24, 2.45) is 5.73 Å². The second-order valence-electron chi connectivity index (χ2n) is 5.01. The molecule has 1 aliphatic rings. The fourth-order valence-electron chi connectivity index (χ4n) is 2.39. The van der Waals surface area contributed by atoms with Crippen LogP contribution in [0.15, 0.2) is 17.5 Å². The van der Waals surface area contributed by atoms with Gasteiger partial charge in [-0.2, -0.15) is 4.98 Å². The molecule has 5 nitrogen and oxygen atoms in total. The Labute approximate surface area is 116 Å². The molecule has 0 bridgehead atoms. The molecule has 3 rings (SSSR count). The molecule has 0 radical (unpaired) electrons. The normalized spacial score (nSPS) is 19.2. The predicted molar refractivity (Wildman–Crippen MR) is 77.5 cm³/mol. The topological polar surface area (TPSA) is 70.8 Å². The minimum atomic E-state index is 0.265. The molecule has 1 fully saturated rings. The number of nitrogens with zero attached hydrogens (tertiary/aromatic N) is 3. The number of hydrogen-bond donors (Lipinski definition) is 2. The van der Waals surface area contributed by atoms with Crippen LogP contribution >= 0.6 is 11.3 Å². The second-order valence-corrected chi connectivity index (χ2v) is 6.04. The van der Waals surface area contributed by atoms with Crippen LogP contribution in [0.5, 0.6) is 0 Å². The molecule has 1 aliphatic heterocycles. The number of aromatic nitrogens is 3. The molecule has 1 unspecified atom stereocenters. The Balaban J connectivity index is 1.50. The monoisotopic (exact) mass is 277 g/mol. The Bertz CT molecular complexity index is 507. The molecule has 0 amide bonds. The Morgan fingerprint density at radius 3 is 3.16 bits per heavy atom. The summed E-state index contributed by atoms with van der Waals surface area (Å²) < 4.78 is 0. The van der Waals surface area contributed by atoms with E-state index in [9.17, 15) is 0 Å². The maximum atomic E-state index is 5.90. The highest BCUT2D eigenvalue weighted by atomic mass is 32.1. The fraction of sp³-hybridized carbons (Fsp3) is 0.538. The highest BCUT2D eigenvalue weighted by Gasteiger charge is 2.22. The molecule has 6 heteroatoms. The summed E-state index contributed by atoms with van der Waals surface area (Å²) in [4.78, 5) is 8.14. The molecule has 0 spiro atoms. The second kappa shape index (κ2) is 5.71. The number of anilines is 1. The van der Waals surface area contributed by atoms with E-state index >= 15 is 0 Å². The molecule has 0 aliphatic carbocycles. The third-order valence-electron chi connectivity index (χ3n) is 3.44. The van der Waals surface area contributed by atoms with E-state index in [1.807, 2.05) is 11.3 Å². The molecule has 0 aromatic carbocycles. The number of thiophene rings is 1. The fourth-order valence-corrected chi connectivity index (χ4v) is 3.14. The van der Waals surface area contributed by atoms with Gasteiger partial charge < -0.3 is 10.6 Å². The van der Waals surface area contributed by atoms with Crippen LogP contribution in [0.3, 0.4) is 0 Å². The quantitative estimate of drug-likeness (QED) is 0.870. The van der Waals surface area contributed by atoms with Crippen LogP contribution in [0.4, 0.5) is 5.95 Å². The third kappa shape index (κ3) is 3.13. The number of aryl methyl sites for hydroxylation is 2. The maximum Gasteiger partial charge on any atom is 0.244 e. The van der Waals surface area contributed by atoms with E-state index in [4.69, 9.17) is 5.73 Å². The van der Waals surface area contributed by atoms with Crippen LogP contribution < -0.4 is 10.6 Å². The highest BCUT2D eigenvalue weighted by Crippen LogP contribution is 2.16. The Morgan fingerprint density at radius 1 is 1.47 bits per heavy atom. The molecule has 1 saturated heterocycles. The lowest BCUT2D eigenvalue weighted by Crippen LogP contribution is -2.27. The maximum absolute atomic E-state index is 5.90. The lowest BCUT2D eigenvalue weighted by molar-refractivity contribution is 0.750. The van der Waals surface area contributed by atoms with Crippen molar-refractivity contribution in [1.29, 1.82) is 0 Å². The number of H-pyrrole nitrogens is 1. The van der Waals surface area contributed by atoms with Crippen LogP contribution in [0, 0.1) is 0 Å². The predicted octanol–water partition coefficient (Wildman–Crippen LogP) is 1.58. The van der Waals surface area contributed by atoms with E-state index < -0.39 is 0 Å². The molecule has 3 heterocycles. The van der Waals surface area contributed by atoms with Crippen LogP contribution in [-0.4, -0.2) is 34.3 Å². The van der Waals surface area contributed by atoms with Crippen molar-refractivity contribution < 1.29 is 0 Å². The molecule has 2 aromatic heterocycles. The van der Waals surface area contributed by atoms with Gasteiger partial charge in [0.15, 0.2) is 0 Å². The summed E-state index contributed by atoms with van der Waals surface area (Å²) in [7, 11) is 0. The van der Waals surface area contributed by atoms with E-state index in [0.29, 0.717) is 0 Å². The van der Waals surface area contributed by atoms with Gasteiger partial charge in [0.2, 0.25) is 5.95 Å². The van der Waals surface area contributed by atoms with Crippen LogP contribution in [0.2, 0.25) is 0 Å². The SMILES string of the molecule is NC1CCN(c2n[nH]c(CCCc3cccs3)n2)C1. The first kappa shape index (κ1) is 12.6. The van der Waals surface area contributed by atoms with E-state index in [1.54, 1.807) is 0 Å². The largest absolute Gasteiger partial charge is 0.338 e. The first-order valence-electron chi connectivity index (χ1n) is 6.75. The van der Waals surface area contributed by atoms with Gasteiger partial charge in [-0.1, -0.05) is 6.07 Å². The molecule has 102 valence electrons. The summed E-state index contributed by atoms with van der Waals surface area (Å²) in [5, 5.41) is 9.45. The summed E-state index contributed by atoms with van der Waals surface area (Å²) in [6.07, 6.45) is 4.20. The van der Waals surface area contributed by atoms with Gasteiger partial charge in [0.25, 0.3) is 0 Å². The number of aromatic amines is 1. The van der Waals surface area contributed by atoms with E-state index in [1.165, 1.54) is 4.88 Å². The van der Waals surface area contributed by atoms with Gasteiger partial charge in [-0.05, 0) is 30.7 Å². The van der Waals surface area contributed by atoms with Crippen LogP contribution in [0.25, 0.3) is 0 Å². The Morgan fingerprint density at radius 2 is 2.42 bits per heavy atom. The number of hydrogen-bond acceptors (Lipinski definition) is 5. The highest BCUT2D eigenvalue weighted by molar-refractivity contribution is 7.09. The van der Waals surface area contributed by atoms with Gasteiger partial charge in [0.05, 0.1) is 0 Å². The standard InChI is InChI=1S/C13H19N5S/c14-10-6-7-18(9-10)13-15-12(16-17-13)5-1-3-11-4-2-8-19-11/h2,4,8,10H,1,3,5-7,9,14H2,(H,15,16,17). The molecule has 3 N–H and O–H groups in total. The van der Waals surface area contributed by atoms with Crippen molar-refractivity contribution in [3.8, 4) is 0 Å². The zero-order chi connectivity index (χ0) is 13.1. The van der Waals surface area contributed by atoms with E-state index in [-0.39, 0.29) is 6.04 Å². The summed E-state index contributed by atoms with van der Waals surface area (Å²) in [5.41, 5.74) is 5.90.